The van der Waals surface area contributed by atoms with Gasteiger partial charge < -0.3 is 0 Å². The number of hydrogen-bond donors (Lipinski definition) is 0. The SMILES string of the molecule is CC(C)C1CN(C)Cc2ncccc21. The van der Waals surface area contributed by atoms with Gasteiger partial charge in [-0.2, -0.15) is 0 Å². The maximum absolute atomic E-state index is 4.46. The topological polar surface area (TPSA) is 16.1 Å². The van der Waals surface area contributed by atoms with Gasteiger partial charge in [-0.3, -0.25) is 9.88 Å². The van der Waals surface area contributed by atoms with Crippen LogP contribution in [0.3, 0.4) is 0 Å². The van der Waals surface area contributed by atoms with Crippen molar-refractivity contribution in [1.82, 2.24) is 9.88 Å². The minimum atomic E-state index is 0.650. The summed E-state index contributed by atoms with van der Waals surface area (Å²) in [4.78, 5) is 6.82. The van der Waals surface area contributed by atoms with E-state index in [2.05, 4.69) is 42.9 Å². The van der Waals surface area contributed by atoms with Crippen molar-refractivity contribution in [2.45, 2.75) is 26.3 Å². The minimum Gasteiger partial charge on any atom is -0.300 e. The molecule has 14 heavy (non-hydrogen) atoms. The summed E-state index contributed by atoms with van der Waals surface area (Å²) in [6, 6.07) is 4.29. The number of likely N-dealkylation sites (N-methyl/N-ethyl adjacent to an activating group) is 1. The molecule has 0 saturated carbocycles. The molecule has 0 bridgehead atoms. The van der Waals surface area contributed by atoms with Crippen LogP contribution in [0.25, 0.3) is 0 Å². The first-order valence-electron chi connectivity index (χ1n) is 5.31. The first kappa shape index (κ1) is 9.66. The lowest BCUT2D eigenvalue weighted by molar-refractivity contribution is 0.248. The first-order chi connectivity index (χ1) is 6.68. The molecule has 0 aliphatic carbocycles. The number of rotatable bonds is 1. The molecule has 2 heteroatoms. The highest BCUT2D eigenvalue weighted by Crippen LogP contribution is 2.31. The Labute approximate surface area is 86.0 Å². The summed E-state index contributed by atoms with van der Waals surface area (Å²) in [6.07, 6.45) is 1.90. The van der Waals surface area contributed by atoms with E-state index < -0.39 is 0 Å². The molecule has 1 atom stereocenters. The van der Waals surface area contributed by atoms with E-state index in [0.717, 1.165) is 13.1 Å². The Morgan fingerprint density at radius 1 is 1.50 bits per heavy atom. The third-order valence-corrected chi connectivity index (χ3v) is 3.06. The Bertz CT molecular complexity index is 320. The van der Waals surface area contributed by atoms with Gasteiger partial charge in [0, 0.05) is 25.2 Å². The predicted octanol–water partition coefficient (Wildman–Crippen LogP) is 2.27. The van der Waals surface area contributed by atoms with E-state index in [4.69, 9.17) is 0 Å². The molecular formula is C12H18N2. The first-order valence-corrected chi connectivity index (χ1v) is 5.31. The Morgan fingerprint density at radius 2 is 2.29 bits per heavy atom. The molecule has 0 spiro atoms. The Balaban J connectivity index is 2.38. The van der Waals surface area contributed by atoms with Gasteiger partial charge in [0.1, 0.15) is 0 Å². The van der Waals surface area contributed by atoms with Crippen LogP contribution in [0.15, 0.2) is 18.3 Å². The van der Waals surface area contributed by atoms with Crippen LogP contribution in [0.2, 0.25) is 0 Å². The fraction of sp³-hybridized carbons (Fsp3) is 0.583. The highest BCUT2D eigenvalue weighted by atomic mass is 15.1. The number of hydrogen-bond acceptors (Lipinski definition) is 2. The van der Waals surface area contributed by atoms with Crippen molar-refractivity contribution in [3.8, 4) is 0 Å². The molecule has 76 valence electrons. The van der Waals surface area contributed by atoms with Crippen LogP contribution in [-0.4, -0.2) is 23.5 Å². The van der Waals surface area contributed by atoms with Gasteiger partial charge in [-0.1, -0.05) is 19.9 Å². The van der Waals surface area contributed by atoms with Gasteiger partial charge in [0.25, 0.3) is 0 Å². The summed E-state index contributed by atoms with van der Waals surface area (Å²) in [6.45, 7) is 6.75. The molecule has 0 fully saturated rings. The summed E-state index contributed by atoms with van der Waals surface area (Å²) < 4.78 is 0. The summed E-state index contributed by atoms with van der Waals surface area (Å²) in [7, 11) is 2.17. The average Bonchev–Trinajstić information content (AvgIpc) is 2.16. The van der Waals surface area contributed by atoms with Crippen LogP contribution < -0.4 is 0 Å². The van der Waals surface area contributed by atoms with Crippen LogP contribution in [0.5, 0.6) is 0 Å². The molecule has 0 radical (unpaired) electrons. The standard InChI is InChI=1S/C12H18N2/c1-9(2)11-7-14(3)8-12-10(11)5-4-6-13-12/h4-6,9,11H,7-8H2,1-3H3. The number of aromatic nitrogens is 1. The molecule has 1 aliphatic heterocycles. The summed E-state index contributed by atoms with van der Waals surface area (Å²) in [5.41, 5.74) is 2.72. The summed E-state index contributed by atoms with van der Waals surface area (Å²) in [5.74, 6) is 1.35. The van der Waals surface area contributed by atoms with E-state index in [-0.39, 0.29) is 0 Å². The molecule has 1 aromatic rings. The zero-order chi connectivity index (χ0) is 10.1. The normalized spacial score (nSPS) is 22.4. The Kier molecular flexibility index (Phi) is 2.55. The van der Waals surface area contributed by atoms with Crippen molar-refractivity contribution in [3.05, 3.63) is 29.6 Å². The number of nitrogens with zero attached hydrogens (tertiary/aromatic N) is 2. The largest absolute Gasteiger partial charge is 0.300 e. The summed E-state index contributed by atoms with van der Waals surface area (Å²) >= 11 is 0. The van der Waals surface area contributed by atoms with Crippen LogP contribution in [0, 0.1) is 5.92 Å². The van der Waals surface area contributed by atoms with Crippen LogP contribution in [0.1, 0.15) is 31.0 Å². The van der Waals surface area contributed by atoms with Crippen molar-refractivity contribution >= 4 is 0 Å². The fourth-order valence-corrected chi connectivity index (χ4v) is 2.24. The number of fused-ring (bicyclic) bond motifs is 1. The van der Waals surface area contributed by atoms with Gasteiger partial charge in [0.05, 0.1) is 5.69 Å². The predicted molar refractivity (Wildman–Crippen MR) is 58.2 cm³/mol. The summed E-state index contributed by atoms with van der Waals surface area (Å²) in [5, 5.41) is 0. The monoisotopic (exact) mass is 190 g/mol. The smallest absolute Gasteiger partial charge is 0.0579 e. The molecule has 1 unspecified atom stereocenters. The van der Waals surface area contributed by atoms with Crippen molar-refractivity contribution < 1.29 is 0 Å². The van der Waals surface area contributed by atoms with Gasteiger partial charge in [-0.25, -0.2) is 0 Å². The third kappa shape index (κ3) is 1.67. The molecule has 0 aromatic carbocycles. The van der Waals surface area contributed by atoms with E-state index in [9.17, 15) is 0 Å². The van der Waals surface area contributed by atoms with E-state index in [1.165, 1.54) is 11.3 Å². The molecule has 2 rings (SSSR count). The van der Waals surface area contributed by atoms with Gasteiger partial charge in [0.15, 0.2) is 0 Å². The van der Waals surface area contributed by atoms with Gasteiger partial charge >= 0.3 is 0 Å². The van der Waals surface area contributed by atoms with Crippen molar-refractivity contribution in [3.63, 3.8) is 0 Å². The lowest BCUT2D eigenvalue weighted by Crippen LogP contribution is -2.33. The Morgan fingerprint density at radius 3 is 3.00 bits per heavy atom. The second-order valence-corrected chi connectivity index (χ2v) is 4.59. The maximum atomic E-state index is 4.46. The third-order valence-electron chi connectivity index (χ3n) is 3.06. The molecule has 1 aromatic heterocycles. The molecule has 0 N–H and O–H groups in total. The van der Waals surface area contributed by atoms with Crippen LogP contribution in [0.4, 0.5) is 0 Å². The second-order valence-electron chi connectivity index (χ2n) is 4.59. The molecule has 2 heterocycles. The lowest BCUT2D eigenvalue weighted by atomic mass is 9.84. The highest BCUT2D eigenvalue weighted by molar-refractivity contribution is 5.27. The van der Waals surface area contributed by atoms with E-state index in [0.29, 0.717) is 11.8 Å². The van der Waals surface area contributed by atoms with E-state index >= 15 is 0 Å². The molecular weight excluding hydrogens is 172 g/mol. The van der Waals surface area contributed by atoms with Crippen molar-refractivity contribution in [2.75, 3.05) is 13.6 Å². The molecule has 0 amide bonds. The fourth-order valence-electron chi connectivity index (χ4n) is 2.24. The van der Waals surface area contributed by atoms with E-state index in [1.54, 1.807) is 0 Å². The van der Waals surface area contributed by atoms with Crippen LogP contribution >= 0.6 is 0 Å². The zero-order valence-electron chi connectivity index (χ0n) is 9.20. The average molecular weight is 190 g/mol. The van der Waals surface area contributed by atoms with E-state index in [1.807, 2.05) is 6.20 Å². The molecule has 1 aliphatic rings. The highest BCUT2D eigenvalue weighted by Gasteiger charge is 2.25. The molecule has 0 saturated heterocycles. The van der Waals surface area contributed by atoms with Gasteiger partial charge in [0.2, 0.25) is 0 Å². The number of pyridine rings is 1. The quantitative estimate of drug-likeness (QED) is 0.675. The molecule has 2 nitrogen and oxygen atoms in total. The van der Waals surface area contributed by atoms with Gasteiger partial charge in [-0.15, -0.1) is 0 Å². The Hall–Kier alpha value is -0.890. The van der Waals surface area contributed by atoms with Crippen LogP contribution in [-0.2, 0) is 6.54 Å². The van der Waals surface area contributed by atoms with Gasteiger partial charge in [-0.05, 0) is 24.6 Å². The zero-order valence-corrected chi connectivity index (χ0v) is 9.20. The van der Waals surface area contributed by atoms with Crippen molar-refractivity contribution in [2.24, 2.45) is 5.92 Å². The maximum Gasteiger partial charge on any atom is 0.0579 e. The second kappa shape index (κ2) is 3.70. The minimum absolute atomic E-state index is 0.650. The lowest BCUT2D eigenvalue weighted by Gasteiger charge is -2.33. The van der Waals surface area contributed by atoms with Crippen molar-refractivity contribution in [1.29, 1.82) is 0 Å².